The molecule has 0 heterocycles. The summed E-state index contributed by atoms with van der Waals surface area (Å²) in [6, 6.07) is 6.75. The summed E-state index contributed by atoms with van der Waals surface area (Å²) < 4.78 is 16.6. The number of nitrogens with one attached hydrogen (secondary N) is 1. The fraction of sp³-hybridized carbons (Fsp3) is 0.545. The van der Waals surface area contributed by atoms with Gasteiger partial charge in [-0.3, -0.25) is 0 Å². The van der Waals surface area contributed by atoms with E-state index in [0.717, 1.165) is 5.56 Å². The Labute approximate surface area is 182 Å². The molecule has 2 atom stereocenters. The third-order valence-corrected chi connectivity index (χ3v) is 4.05. The van der Waals surface area contributed by atoms with Gasteiger partial charge in [0, 0.05) is 18.7 Å². The normalized spacial score (nSPS) is 14.0. The number of aliphatic hydroxyl groups is 1. The van der Waals surface area contributed by atoms with Gasteiger partial charge in [-0.1, -0.05) is 26.0 Å². The number of rotatable bonds is 15. The zero-order valence-corrected chi connectivity index (χ0v) is 18.4. The lowest BCUT2D eigenvalue weighted by molar-refractivity contribution is -0.136. The van der Waals surface area contributed by atoms with Gasteiger partial charge in [0.25, 0.3) is 0 Å². The van der Waals surface area contributed by atoms with Gasteiger partial charge in [-0.2, -0.15) is 0 Å². The summed E-state index contributed by atoms with van der Waals surface area (Å²) in [5.74, 6) is -2.63. The Morgan fingerprint density at radius 3 is 2.23 bits per heavy atom. The van der Waals surface area contributed by atoms with E-state index < -0.39 is 29.7 Å². The average molecular weight is 440 g/mol. The van der Waals surface area contributed by atoms with Crippen molar-refractivity contribution in [2.45, 2.75) is 58.7 Å². The van der Waals surface area contributed by atoms with Crippen LogP contribution in [0.15, 0.2) is 35.9 Å². The molecule has 0 aromatic heterocycles. The van der Waals surface area contributed by atoms with E-state index in [0.29, 0.717) is 25.9 Å². The predicted octanol–water partition coefficient (Wildman–Crippen LogP) is 1.83. The van der Waals surface area contributed by atoms with Crippen LogP contribution in [0.5, 0.6) is 5.75 Å². The van der Waals surface area contributed by atoms with E-state index in [1.807, 2.05) is 27.7 Å². The van der Waals surface area contributed by atoms with E-state index in [1.54, 1.807) is 24.3 Å². The van der Waals surface area contributed by atoms with Crippen LogP contribution < -0.4 is 10.1 Å². The Hall–Kier alpha value is -2.46. The summed E-state index contributed by atoms with van der Waals surface area (Å²) in [7, 11) is 0. The highest BCUT2D eigenvalue weighted by atomic mass is 16.5. The molecule has 31 heavy (non-hydrogen) atoms. The molecule has 174 valence electrons. The lowest BCUT2D eigenvalue weighted by Gasteiger charge is -2.25. The Kier molecular flexibility index (Phi) is 11.8. The van der Waals surface area contributed by atoms with Crippen LogP contribution in [-0.2, 0) is 25.7 Å². The molecule has 2 unspecified atom stereocenters. The van der Waals surface area contributed by atoms with Crippen molar-refractivity contribution in [3.05, 3.63) is 41.5 Å². The predicted molar refractivity (Wildman–Crippen MR) is 114 cm³/mol. The van der Waals surface area contributed by atoms with Gasteiger partial charge in [0.1, 0.15) is 11.9 Å². The number of carboxylic acids is 2. The summed E-state index contributed by atoms with van der Waals surface area (Å²) in [6.07, 6.45) is -1.99. The van der Waals surface area contributed by atoms with Crippen LogP contribution in [0.3, 0.4) is 0 Å². The molecular weight excluding hydrogens is 406 g/mol. The number of ether oxygens (including phenoxy) is 3. The van der Waals surface area contributed by atoms with Crippen LogP contribution in [-0.4, -0.2) is 71.4 Å². The minimum Gasteiger partial charge on any atom is -0.483 e. The van der Waals surface area contributed by atoms with Crippen LogP contribution in [0.2, 0.25) is 0 Å². The molecule has 0 bridgehead atoms. The van der Waals surface area contributed by atoms with Gasteiger partial charge >= 0.3 is 11.9 Å². The monoisotopic (exact) mass is 439 g/mol. The van der Waals surface area contributed by atoms with Crippen LogP contribution in [0, 0.1) is 0 Å². The van der Waals surface area contributed by atoms with Gasteiger partial charge < -0.3 is 34.8 Å². The van der Waals surface area contributed by atoms with Crippen molar-refractivity contribution in [1.29, 1.82) is 0 Å². The Morgan fingerprint density at radius 1 is 1.06 bits per heavy atom. The second-order valence-corrected chi connectivity index (χ2v) is 7.53. The van der Waals surface area contributed by atoms with E-state index >= 15 is 0 Å². The average Bonchev–Trinajstić information content (AvgIpc) is 2.69. The van der Waals surface area contributed by atoms with Crippen molar-refractivity contribution < 1.29 is 39.1 Å². The lowest BCUT2D eigenvalue weighted by atomic mass is 10.0. The van der Waals surface area contributed by atoms with Crippen LogP contribution in [0.1, 0.15) is 33.3 Å². The lowest BCUT2D eigenvalue weighted by Crippen LogP contribution is -2.44. The number of aliphatic carboxylic acids is 2. The van der Waals surface area contributed by atoms with Crippen LogP contribution in [0.25, 0.3) is 0 Å². The molecule has 9 nitrogen and oxygen atoms in total. The molecular formula is C22H33NO8. The highest BCUT2D eigenvalue weighted by Gasteiger charge is 2.31. The first kappa shape index (κ1) is 26.6. The van der Waals surface area contributed by atoms with Gasteiger partial charge in [-0.05, 0) is 31.5 Å². The molecule has 0 radical (unpaired) electrons. The number of carboxylic acid groups (broad SMARTS) is 2. The Morgan fingerprint density at radius 2 is 1.71 bits per heavy atom. The number of hydrogen-bond donors (Lipinski definition) is 4. The fourth-order valence-corrected chi connectivity index (χ4v) is 2.55. The van der Waals surface area contributed by atoms with Gasteiger partial charge in [-0.15, -0.1) is 0 Å². The molecule has 0 amide bonds. The standard InChI is InChI=1S/C22H33NO8/c1-14(2)23-12-19(24)21(18(22(27)28)11-20(25)26)31-17-7-5-16(6-8-17)13-29-9-10-30-15(3)4/h5-8,11,14-15,19,21,23-24H,9-10,12-13H2,1-4H3,(H,25,26)(H,27,28). The van der Waals surface area contributed by atoms with Crippen molar-refractivity contribution in [1.82, 2.24) is 5.32 Å². The first-order valence-electron chi connectivity index (χ1n) is 10.1. The highest BCUT2D eigenvalue weighted by molar-refractivity contribution is 5.95. The maximum absolute atomic E-state index is 11.6. The smallest absolute Gasteiger partial charge is 0.335 e. The third-order valence-electron chi connectivity index (χ3n) is 4.05. The molecule has 1 aromatic rings. The van der Waals surface area contributed by atoms with Crippen molar-refractivity contribution in [2.75, 3.05) is 19.8 Å². The van der Waals surface area contributed by atoms with Crippen LogP contribution >= 0.6 is 0 Å². The minimum atomic E-state index is -1.48. The van der Waals surface area contributed by atoms with E-state index in [2.05, 4.69) is 5.32 Å². The summed E-state index contributed by atoms with van der Waals surface area (Å²) in [5.41, 5.74) is 0.318. The third kappa shape index (κ3) is 10.9. The molecule has 0 aliphatic rings. The van der Waals surface area contributed by atoms with Crippen LogP contribution in [0.4, 0.5) is 0 Å². The summed E-state index contributed by atoms with van der Waals surface area (Å²) in [6.45, 7) is 8.97. The van der Waals surface area contributed by atoms with E-state index in [9.17, 15) is 19.8 Å². The first-order valence-corrected chi connectivity index (χ1v) is 10.1. The highest BCUT2D eigenvalue weighted by Crippen LogP contribution is 2.20. The summed E-state index contributed by atoms with van der Waals surface area (Å²) >= 11 is 0. The van der Waals surface area contributed by atoms with Gasteiger partial charge in [-0.25, -0.2) is 9.59 Å². The minimum absolute atomic E-state index is 0.0247. The van der Waals surface area contributed by atoms with Gasteiger partial charge in [0.15, 0.2) is 6.10 Å². The van der Waals surface area contributed by atoms with Gasteiger partial charge in [0.05, 0.1) is 31.5 Å². The second kappa shape index (κ2) is 13.8. The SMILES string of the molecule is CC(C)NCC(O)C(Oc1ccc(COCCOC(C)C)cc1)C(=CC(=O)O)C(=O)O. The molecule has 0 saturated carbocycles. The number of hydrogen-bond acceptors (Lipinski definition) is 7. The molecule has 4 N–H and O–H groups in total. The molecule has 9 heteroatoms. The second-order valence-electron chi connectivity index (χ2n) is 7.53. The Bertz CT molecular complexity index is 715. The van der Waals surface area contributed by atoms with Crippen molar-refractivity contribution in [2.24, 2.45) is 0 Å². The number of aliphatic hydroxyl groups excluding tert-OH is 1. The van der Waals surface area contributed by atoms with E-state index in [4.69, 9.17) is 19.3 Å². The molecule has 0 aliphatic heterocycles. The number of benzene rings is 1. The van der Waals surface area contributed by atoms with Gasteiger partial charge in [0.2, 0.25) is 0 Å². The zero-order chi connectivity index (χ0) is 23.4. The quantitative estimate of drug-likeness (QED) is 0.238. The molecule has 0 spiro atoms. The number of carbonyl (C=O) groups is 2. The maximum atomic E-state index is 11.6. The molecule has 1 rings (SSSR count). The Balaban J connectivity index is 2.86. The molecule has 1 aromatic carbocycles. The topological polar surface area (TPSA) is 135 Å². The van der Waals surface area contributed by atoms with Crippen molar-refractivity contribution in [3.63, 3.8) is 0 Å². The molecule has 0 aliphatic carbocycles. The zero-order valence-electron chi connectivity index (χ0n) is 18.4. The first-order chi connectivity index (χ1) is 14.6. The van der Waals surface area contributed by atoms with Crippen molar-refractivity contribution >= 4 is 11.9 Å². The van der Waals surface area contributed by atoms with E-state index in [-0.39, 0.29) is 24.4 Å². The molecule has 0 fully saturated rings. The van der Waals surface area contributed by atoms with Crippen molar-refractivity contribution in [3.8, 4) is 5.75 Å². The summed E-state index contributed by atoms with van der Waals surface area (Å²) in [4.78, 5) is 22.7. The largest absolute Gasteiger partial charge is 0.483 e. The maximum Gasteiger partial charge on any atom is 0.335 e. The fourth-order valence-electron chi connectivity index (χ4n) is 2.55. The summed E-state index contributed by atoms with van der Waals surface area (Å²) in [5, 5.41) is 31.9. The molecule has 0 saturated heterocycles. The van der Waals surface area contributed by atoms with E-state index in [1.165, 1.54) is 0 Å².